The summed E-state index contributed by atoms with van der Waals surface area (Å²) < 4.78 is 16.6. The van der Waals surface area contributed by atoms with Gasteiger partial charge >= 0.3 is 5.97 Å². The molecule has 158 valence electrons. The van der Waals surface area contributed by atoms with E-state index in [-0.39, 0.29) is 17.6 Å². The van der Waals surface area contributed by atoms with Crippen molar-refractivity contribution in [2.45, 2.75) is 78.4 Å². The Kier molecular flexibility index (Phi) is 10.0. The van der Waals surface area contributed by atoms with Gasteiger partial charge in [0.2, 0.25) is 0 Å². The van der Waals surface area contributed by atoms with E-state index in [4.69, 9.17) is 14.2 Å². The maximum Gasteiger partial charge on any atom is 0.341 e. The molecule has 1 aromatic rings. The number of hydrogen-bond acceptors (Lipinski definition) is 5. The molecule has 0 saturated carbocycles. The number of nitrogens with one attached hydrogen (secondary N) is 1. The molecule has 1 N–H and O–H groups in total. The van der Waals surface area contributed by atoms with Crippen molar-refractivity contribution in [1.82, 2.24) is 0 Å². The number of hydrogen-bond donors (Lipinski definition) is 1. The zero-order chi connectivity index (χ0) is 21.2. The number of methoxy groups -OCH3 is 1. The second kappa shape index (κ2) is 11.7. The largest absolute Gasteiger partial charge is 0.490 e. The van der Waals surface area contributed by atoms with Crippen LogP contribution in [-0.4, -0.2) is 37.3 Å². The van der Waals surface area contributed by atoms with Gasteiger partial charge in [0.15, 0.2) is 0 Å². The third-order valence-corrected chi connectivity index (χ3v) is 4.66. The lowest BCUT2D eigenvalue weighted by Gasteiger charge is -2.28. The summed E-state index contributed by atoms with van der Waals surface area (Å²) in [6, 6.07) is 4.99. The lowest BCUT2D eigenvalue weighted by molar-refractivity contribution is -0.140. The maximum absolute atomic E-state index is 12.9. The number of ether oxygens (including phenoxy) is 3. The minimum atomic E-state index is -0.913. The van der Waals surface area contributed by atoms with E-state index >= 15 is 0 Å². The van der Waals surface area contributed by atoms with Crippen molar-refractivity contribution in [2.24, 2.45) is 0 Å². The molecule has 0 aliphatic rings. The zero-order valence-corrected chi connectivity index (χ0v) is 18.1. The lowest BCUT2D eigenvalue weighted by atomic mass is 9.97. The fourth-order valence-electron chi connectivity index (χ4n) is 2.64. The Hall–Kier alpha value is -2.08. The normalized spacial score (nSPS) is 14.1. The molecule has 0 aliphatic heterocycles. The second-order valence-electron chi connectivity index (χ2n) is 7.18. The number of carbonyl (C=O) groups is 2. The summed E-state index contributed by atoms with van der Waals surface area (Å²) in [6.07, 6.45) is 4.11. The standard InChI is InChI=1S/C22H35NO5/c1-7-10-13-22(5,27-14-8-2)21(25)23-17-11-12-19(28-16(4)9-3)18(15-17)20(24)26-6/h11-12,15-16H,7-10,13-14H2,1-6H3,(H,23,25)/t16-,22+/m0/s1. The van der Waals surface area contributed by atoms with Crippen molar-refractivity contribution in [3.05, 3.63) is 23.8 Å². The first-order valence-electron chi connectivity index (χ1n) is 10.2. The van der Waals surface area contributed by atoms with Gasteiger partial charge in [0.25, 0.3) is 5.91 Å². The van der Waals surface area contributed by atoms with Crippen LogP contribution in [-0.2, 0) is 14.3 Å². The average Bonchev–Trinajstić information content (AvgIpc) is 2.70. The van der Waals surface area contributed by atoms with Gasteiger partial charge in [-0.1, -0.05) is 33.6 Å². The first-order chi connectivity index (χ1) is 13.3. The van der Waals surface area contributed by atoms with E-state index in [9.17, 15) is 9.59 Å². The highest BCUT2D eigenvalue weighted by atomic mass is 16.5. The molecule has 0 aromatic heterocycles. The number of amides is 1. The Morgan fingerprint density at radius 1 is 1.18 bits per heavy atom. The monoisotopic (exact) mass is 393 g/mol. The molecule has 0 heterocycles. The van der Waals surface area contributed by atoms with E-state index in [0.29, 0.717) is 24.5 Å². The molecular weight excluding hydrogens is 358 g/mol. The predicted octanol–water partition coefficient (Wildman–Crippen LogP) is 4.96. The SMILES string of the molecule is CCCC[C@@](C)(OCCC)C(=O)Nc1ccc(O[C@@H](C)CC)c(C(=O)OC)c1. The molecule has 1 rings (SSSR count). The Morgan fingerprint density at radius 2 is 1.89 bits per heavy atom. The van der Waals surface area contributed by atoms with E-state index in [0.717, 1.165) is 25.7 Å². The highest BCUT2D eigenvalue weighted by Gasteiger charge is 2.33. The van der Waals surface area contributed by atoms with Gasteiger partial charge in [-0.25, -0.2) is 4.79 Å². The van der Waals surface area contributed by atoms with Gasteiger partial charge in [0.1, 0.15) is 16.9 Å². The summed E-state index contributed by atoms with van der Waals surface area (Å²) in [5.74, 6) is -0.290. The summed E-state index contributed by atoms with van der Waals surface area (Å²) >= 11 is 0. The van der Waals surface area contributed by atoms with Gasteiger partial charge in [-0.2, -0.15) is 0 Å². The van der Waals surface area contributed by atoms with Crippen LogP contribution in [0.2, 0.25) is 0 Å². The van der Waals surface area contributed by atoms with Crippen molar-refractivity contribution in [2.75, 3.05) is 19.0 Å². The Balaban J connectivity index is 3.08. The zero-order valence-electron chi connectivity index (χ0n) is 18.1. The van der Waals surface area contributed by atoms with Crippen LogP contribution in [0.25, 0.3) is 0 Å². The van der Waals surface area contributed by atoms with E-state index in [1.54, 1.807) is 18.2 Å². The van der Waals surface area contributed by atoms with Crippen LogP contribution in [0.5, 0.6) is 5.75 Å². The summed E-state index contributed by atoms with van der Waals surface area (Å²) in [4.78, 5) is 25.1. The Bertz CT molecular complexity index is 636. The van der Waals surface area contributed by atoms with Crippen molar-refractivity contribution in [3.63, 3.8) is 0 Å². The summed E-state index contributed by atoms with van der Waals surface area (Å²) in [5, 5.41) is 2.89. The molecule has 0 fully saturated rings. The van der Waals surface area contributed by atoms with E-state index < -0.39 is 11.6 Å². The average molecular weight is 394 g/mol. The maximum atomic E-state index is 12.9. The van der Waals surface area contributed by atoms with Gasteiger partial charge in [-0.3, -0.25) is 4.79 Å². The first kappa shape index (κ1) is 24.0. The van der Waals surface area contributed by atoms with Crippen molar-refractivity contribution < 1.29 is 23.8 Å². The molecule has 0 unspecified atom stereocenters. The van der Waals surface area contributed by atoms with Crippen LogP contribution in [0.4, 0.5) is 5.69 Å². The van der Waals surface area contributed by atoms with Crippen molar-refractivity contribution in [1.29, 1.82) is 0 Å². The molecular formula is C22H35NO5. The fraction of sp³-hybridized carbons (Fsp3) is 0.636. The van der Waals surface area contributed by atoms with E-state index in [1.807, 2.05) is 27.7 Å². The highest BCUT2D eigenvalue weighted by molar-refractivity contribution is 5.99. The number of unbranched alkanes of at least 4 members (excludes halogenated alkanes) is 1. The molecule has 0 saturated heterocycles. The minimum Gasteiger partial charge on any atom is -0.490 e. The lowest BCUT2D eigenvalue weighted by Crippen LogP contribution is -2.43. The van der Waals surface area contributed by atoms with Crippen LogP contribution >= 0.6 is 0 Å². The number of benzene rings is 1. The van der Waals surface area contributed by atoms with Crippen molar-refractivity contribution >= 4 is 17.6 Å². The number of anilines is 1. The Labute approximate surface area is 168 Å². The molecule has 1 amide bonds. The molecule has 2 atom stereocenters. The molecule has 0 bridgehead atoms. The van der Waals surface area contributed by atoms with Crippen molar-refractivity contribution in [3.8, 4) is 5.75 Å². The van der Waals surface area contributed by atoms with Crippen LogP contribution < -0.4 is 10.1 Å². The second-order valence-corrected chi connectivity index (χ2v) is 7.18. The van der Waals surface area contributed by atoms with E-state index in [1.165, 1.54) is 7.11 Å². The summed E-state index contributed by atoms with van der Waals surface area (Å²) in [7, 11) is 1.32. The third-order valence-electron chi connectivity index (χ3n) is 4.66. The van der Waals surface area contributed by atoms with Gasteiger partial charge in [0.05, 0.1) is 13.2 Å². The van der Waals surface area contributed by atoms with Gasteiger partial charge < -0.3 is 19.5 Å². The summed E-state index contributed by atoms with van der Waals surface area (Å²) in [5.41, 5.74) is -0.126. The molecule has 0 radical (unpaired) electrons. The van der Waals surface area contributed by atoms with Crippen LogP contribution in [0.1, 0.15) is 77.1 Å². The molecule has 1 aromatic carbocycles. The summed E-state index contributed by atoms with van der Waals surface area (Å²) in [6.45, 7) is 10.4. The van der Waals surface area contributed by atoms with Crippen LogP contribution in [0.3, 0.4) is 0 Å². The predicted molar refractivity (Wildman–Crippen MR) is 111 cm³/mol. The third kappa shape index (κ3) is 6.82. The van der Waals surface area contributed by atoms with Gasteiger partial charge in [0, 0.05) is 12.3 Å². The van der Waals surface area contributed by atoms with Crippen LogP contribution in [0, 0.1) is 0 Å². The minimum absolute atomic E-state index is 0.0383. The van der Waals surface area contributed by atoms with Gasteiger partial charge in [-0.05, 0) is 51.3 Å². The molecule has 28 heavy (non-hydrogen) atoms. The molecule has 6 heteroatoms. The smallest absolute Gasteiger partial charge is 0.341 e. The molecule has 6 nitrogen and oxygen atoms in total. The topological polar surface area (TPSA) is 73.9 Å². The van der Waals surface area contributed by atoms with E-state index in [2.05, 4.69) is 12.2 Å². The first-order valence-corrected chi connectivity index (χ1v) is 10.2. The quantitative estimate of drug-likeness (QED) is 0.508. The highest BCUT2D eigenvalue weighted by Crippen LogP contribution is 2.27. The number of esters is 1. The molecule has 0 aliphatic carbocycles. The van der Waals surface area contributed by atoms with Crippen LogP contribution in [0.15, 0.2) is 18.2 Å². The molecule has 0 spiro atoms. The fourth-order valence-corrected chi connectivity index (χ4v) is 2.64. The number of carbonyl (C=O) groups excluding carboxylic acids is 2. The number of rotatable bonds is 12. The Morgan fingerprint density at radius 3 is 2.46 bits per heavy atom. The van der Waals surface area contributed by atoms with Gasteiger partial charge in [-0.15, -0.1) is 0 Å².